The lowest BCUT2D eigenvalue weighted by atomic mass is 10.1. The lowest BCUT2D eigenvalue weighted by molar-refractivity contribution is 0.280. The quantitative estimate of drug-likeness (QED) is 0.650. The van der Waals surface area contributed by atoms with Crippen LogP contribution in [-0.4, -0.2) is 13.4 Å². The number of benzene rings is 3. The van der Waals surface area contributed by atoms with Gasteiger partial charge in [0.1, 0.15) is 5.75 Å². The van der Waals surface area contributed by atoms with E-state index in [1.165, 1.54) is 10.4 Å². The second kappa shape index (κ2) is 7.71. The molecule has 0 heterocycles. The number of hydrogen-bond donors (Lipinski definition) is 1. The highest BCUT2D eigenvalue weighted by atomic mass is 28.4. The molecule has 0 saturated heterocycles. The van der Waals surface area contributed by atoms with Gasteiger partial charge in [0, 0.05) is 5.56 Å². The van der Waals surface area contributed by atoms with E-state index >= 15 is 0 Å². The number of hydrogen-bond acceptors (Lipinski definition) is 2. The van der Waals surface area contributed by atoms with Crippen LogP contribution in [0.15, 0.2) is 78.9 Å². The zero-order chi connectivity index (χ0) is 19.5. The van der Waals surface area contributed by atoms with Gasteiger partial charge >= 0.3 is 0 Å². The molecule has 0 fully saturated rings. The van der Waals surface area contributed by atoms with E-state index in [1.54, 1.807) is 6.07 Å². The highest BCUT2D eigenvalue weighted by Gasteiger charge is 2.50. The summed E-state index contributed by atoms with van der Waals surface area (Å²) in [5.74, 6) is 0.290. The average molecular weight is 377 g/mol. The third kappa shape index (κ3) is 3.85. The Morgan fingerprint density at radius 2 is 1.33 bits per heavy atom. The number of aryl methyl sites for hydroxylation is 1. The number of aromatic hydroxyl groups is 1. The van der Waals surface area contributed by atoms with Crippen LogP contribution in [0.3, 0.4) is 0 Å². The van der Waals surface area contributed by atoms with Crippen LogP contribution in [-0.2, 0) is 11.0 Å². The zero-order valence-corrected chi connectivity index (χ0v) is 17.6. The van der Waals surface area contributed by atoms with E-state index < -0.39 is 8.32 Å². The maximum absolute atomic E-state index is 10.3. The first-order chi connectivity index (χ1) is 12.8. The largest absolute Gasteiger partial charge is 0.508 e. The molecule has 3 heteroatoms. The molecule has 3 rings (SSSR count). The molecule has 0 saturated carbocycles. The number of phenolic OH excluding ortho intramolecular Hbond substituents is 1. The molecular formula is C24H28O2Si. The van der Waals surface area contributed by atoms with Gasteiger partial charge in [0.25, 0.3) is 8.32 Å². The summed E-state index contributed by atoms with van der Waals surface area (Å²) in [6.45, 7) is 9.20. The van der Waals surface area contributed by atoms with Crippen molar-refractivity contribution in [1.82, 2.24) is 0 Å². The summed E-state index contributed by atoms with van der Waals surface area (Å²) in [4.78, 5) is 0. The molecule has 3 aromatic carbocycles. The summed E-state index contributed by atoms with van der Waals surface area (Å²) in [5, 5.41) is 12.7. The Morgan fingerprint density at radius 1 is 0.815 bits per heavy atom. The van der Waals surface area contributed by atoms with Crippen LogP contribution in [0.2, 0.25) is 5.04 Å². The molecule has 27 heavy (non-hydrogen) atoms. The zero-order valence-electron chi connectivity index (χ0n) is 16.6. The minimum absolute atomic E-state index is 0.0743. The molecule has 0 aliphatic heterocycles. The first-order valence-electron chi connectivity index (χ1n) is 9.38. The van der Waals surface area contributed by atoms with Crippen molar-refractivity contribution in [1.29, 1.82) is 0 Å². The lowest BCUT2D eigenvalue weighted by Gasteiger charge is -2.43. The first kappa shape index (κ1) is 19.4. The third-order valence-corrected chi connectivity index (χ3v) is 10.1. The van der Waals surface area contributed by atoms with Crippen LogP contribution in [0.5, 0.6) is 5.75 Å². The fourth-order valence-electron chi connectivity index (χ4n) is 3.78. The summed E-state index contributed by atoms with van der Waals surface area (Å²) < 4.78 is 6.87. The maximum atomic E-state index is 10.3. The predicted molar refractivity (Wildman–Crippen MR) is 115 cm³/mol. The van der Waals surface area contributed by atoms with E-state index in [9.17, 15) is 5.11 Å². The Bertz CT molecular complexity index is 844. The summed E-state index contributed by atoms with van der Waals surface area (Å²) >= 11 is 0. The van der Waals surface area contributed by atoms with Crippen molar-refractivity contribution in [2.45, 2.75) is 39.3 Å². The van der Waals surface area contributed by atoms with Crippen molar-refractivity contribution in [2.75, 3.05) is 0 Å². The Balaban J connectivity index is 2.13. The molecule has 0 aromatic heterocycles. The lowest BCUT2D eigenvalue weighted by Crippen LogP contribution is -2.66. The van der Waals surface area contributed by atoms with Gasteiger partial charge in [0.05, 0.1) is 6.61 Å². The van der Waals surface area contributed by atoms with Gasteiger partial charge in [0.15, 0.2) is 0 Å². The van der Waals surface area contributed by atoms with Crippen LogP contribution in [0, 0.1) is 6.92 Å². The van der Waals surface area contributed by atoms with Crippen molar-refractivity contribution in [3.8, 4) is 5.75 Å². The summed E-state index contributed by atoms with van der Waals surface area (Å²) in [6.07, 6.45) is 0. The van der Waals surface area contributed by atoms with Gasteiger partial charge in [-0.1, -0.05) is 99.1 Å². The fourth-order valence-corrected chi connectivity index (χ4v) is 8.30. The van der Waals surface area contributed by atoms with Crippen LogP contribution < -0.4 is 10.4 Å². The molecule has 140 valence electrons. The highest BCUT2D eigenvalue weighted by molar-refractivity contribution is 6.99. The standard InChI is InChI=1S/C24H28O2Si/c1-19-15-16-23(25)20(17-19)18-26-27(24(2,3)4,21-11-7-5-8-12-21)22-13-9-6-10-14-22/h5-17,25H,18H2,1-4H3. The molecule has 0 spiro atoms. The smallest absolute Gasteiger partial charge is 0.261 e. The van der Waals surface area contributed by atoms with Crippen molar-refractivity contribution in [2.24, 2.45) is 0 Å². The Hall–Kier alpha value is -2.36. The Morgan fingerprint density at radius 3 is 1.81 bits per heavy atom. The Kier molecular flexibility index (Phi) is 5.54. The average Bonchev–Trinajstić information content (AvgIpc) is 2.65. The van der Waals surface area contributed by atoms with E-state index in [-0.39, 0.29) is 5.04 Å². The van der Waals surface area contributed by atoms with E-state index in [2.05, 4.69) is 69.3 Å². The van der Waals surface area contributed by atoms with E-state index in [0.717, 1.165) is 11.1 Å². The van der Waals surface area contributed by atoms with Gasteiger partial charge in [-0.25, -0.2) is 0 Å². The van der Waals surface area contributed by atoms with Crippen LogP contribution in [0.25, 0.3) is 0 Å². The molecular weight excluding hydrogens is 348 g/mol. The van der Waals surface area contributed by atoms with Gasteiger partial charge in [-0.05, 0) is 28.4 Å². The number of phenols is 1. The van der Waals surface area contributed by atoms with Crippen LogP contribution in [0.1, 0.15) is 31.9 Å². The van der Waals surface area contributed by atoms with E-state index in [0.29, 0.717) is 12.4 Å². The molecule has 0 unspecified atom stereocenters. The minimum atomic E-state index is -2.58. The molecule has 0 atom stereocenters. The van der Waals surface area contributed by atoms with Gasteiger partial charge < -0.3 is 9.53 Å². The topological polar surface area (TPSA) is 29.5 Å². The molecule has 3 aromatic rings. The molecule has 2 nitrogen and oxygen atoms in total. The van der Waals surface area contributed by atoms with Crippen LogP contribution >= 0.6 is 0 Å². The highest BCUT2D eigenvalue weighted by Crippen LogP contribution is 2.37. The van der Waals surface area contributed by atoms with E-state index in [1.807, 2.05) is 31.2 Å². The second-order valence-corrected chi connectivity index (χ2v) is 12.4. The number of rotatable bonds is 5. The van der Waals surface area contributed by atoms with Gasteiger partial charge in [-0.3, -0.25) is 0 Å². The SMILES string of the molecule is Cc1ccc(O)c(CO[Si](c2ccccc2)(c2ccccc2)C(C)(C)C)c1. The molecule has 1 N–H and O–H groups in total. The monoisotopic (exact) mass is 376 g/mol. The molecule has 0 radical (unpaired) electrons. The maximum Gasteiger partial charge on any atom is 0.261 e. The second-order valence-electron chi connectivity index (χ2n) is 8.08. The first-order valence-corrected chi connectivity index (χ1v) is 11.3. The van der Waals surface area contributed by atoms with Gasteiger partial charge in [0.2, 0.25) is 0 Å². The molecule has 0 amide bonds. The predicted octanol–water partition coefficient (Wildman–Crippen LogP) is 4.78. The Labute approximate surface area is 163 Å². The summed E-state index contributed by atoms with van der Waals surface area (Å²) in [6, 6.07) is 26.8. The van der Waals surface area contributed by atoms with Crippen molar-refractivity contribution < 1.29 is 9.53 Å². The molecule has 0 bridgehead atoms. The van der Waals surface area contributed by atoms with E-state index in [4.69, 9.17) is 4.43 Å². The summed E-state index contributed by atoms with van der Waals surface area (Å²) in [5.41, 5.74) is 1.96. The third-order valence-electron chi connectivity index (χ3n) is 5.10. The summed E-state index contributed by atoms with van der Waals surface area (Å²) in [7, 11) is -2.58. The van der Waals surface area contributed by atoms with Crippen molar-refractivity contribution in [3.63, 3.8) is 0 Å². The molecule has 0 aliphatic carbocycles. The molecule has 0 aliphatic rings. The van der Waals surface area contributed by atoms with Gasteiger partial charge in [-0.15, -0.1) is 0 Å². The van der Waals surface area contributed by atoms with Crippen LogP contribution in [0.4, 0.5) is 0 Å². The fraction of sp³-hybridized carbons (Fsp3) is 0.250. The normalized spacial score (nSPS) is 12.1. The minimum Gasteiger partial charge on any atom is -0.508 e. The van der Waals surface area contributed by atoms with Gasteiger partial charge in [-0.2, -0.15) is 0 Å². The van der Waals surface area contributed by atoms with Crippen molar-refractivity contribution >= 4 is 18.7 Å². The van der Waals surface area contributed by atoms with Crippen molar-refractivity contribution in [3.05, 3.63) is 90.0 Å².